The lowest BCUT2D eigenvalue weighted by Gasteiger charge is -2.16. The molecule has 0 spiro atoms. The number of rotatable bonds is 6. The Labute approximate surface area is 178 Å². The summed E-state index contributed by atoms with van der Waals surface area (Å²) in [5, 5.41) is 2.86. The average Bonchev–Trinajstić information content (AvgIpc) is 3.19. The van der Waals surface area contributed by atoms with Crippen LogP contribution in [-0.2, 0) is 23.8 Å². The molecule has 0 aliphatic carbocycles. The van der Waals surface area contributed by atoms with Crippen molar-refractivity contribution in [2.24, 2.45) is 0 Å². The first kappa shape index (κ1) is 20.9. The molecular formula is C24H21F3N2O2. The summed E-state index contributed by atoms with van der Waals surface area (Å²) in [5.74, 6) is 0.347. The Morgan fingerprint density at radius 3 is 2.65 bits per heavy atom. The summed E-state index contributed by atoms with van der Waals surface area (Å²) >= 11 is 0. The van der Waals surface area contributed by atoms with Crippen LogP contribution in [0.1, 0.15) is 23.1 Å². The number of carbonyl (C=O) groups excluding carboxylic acids is 1. The molecule has 0 saturated carbocycles. The second kappa shape index (κ2) is 8.79. The largest absolute Gasteiger partial charge is 0.487 e. The van der Waals surface area contributed by atoms with Gasteiger partial charge in [0.15, 0.2) is 0 Å². The Balaban J connectivity index is 1.42. The molecule has 0 bridgehead atoms. The molecule has 4 nitrogen and oxygen atoms in total. The van der Waals surface area contributed by atoms with E-state index in [0.717, 1.165) is 17.2 Å². The molecule has 160 valence electrons. The number of hydrogen-bond acceptors (Lipinski definition) is 3. The second-order valence-corrected chi connectivity index (χ2v) is 7.45. The molecule has 0 fully saturated rings. The number of nitrogens with one attached hydrogen (secondary N) is 1. The van der Waals surface area contributed by atoms with Crippen LogP contribution in [0.2, 0.25) is 0 Å². The van der Waals surface area contributed by atoms with Gasteiger partial charge in [-0.25, -0.2) is 0 Å². The number of hydrogen-bond donors (Lipinski definition) is 1. The van der Waals surface area contributed by atoms with Gasteiger partial charge in [0.05, 0.1) is 12.1 Å². The summed E-state index contributed by atoms with van der Waals surface area (Å²) in [4.78, 5) is 16.2. The Morgan fingerprint density at radius 1 is 1.06 bits per heavy atom. The maximum Gasteiger partial charge on any atom is 0.417 e. The molecule has 2 heterocycles. The van der Waals surface area contributed by atoms with Gasteiger partial charge in [-0.2, -0.15) is 13.2 Å². The van der Waals surface area contributed by atoms with Gasteiger partial charge in [0.1, 0.15) is 11.9 Å². The highest BCUT2D eigenvalue weighted by atomic mass is 19.4. The molecule has 1 amide bonds. The van der Waals surface area contributed by atoms with E-state index in [-0.39, 0.29) is 17.6 Å². The maximum atomic E-state index is 13.5. The van der Waals surface area contributed by atoms with E-state index in [1.54, 1.807) is 30.6 Å². The fourth-order valence-corrected chi connectivity index (χ4v) is 3.75. The number of carbonyl (C=O) groups is 1. The first-order valence-corrected chi connectivity index (χ1v) is 10.0. The van der Waals surface area contributed by atoms with Crippen molar-refractivity contribution in [2.75, 3.05) is 6.54 Å². The van der Waals surface area contributed by atoms with E-state index in [1.165, 1.54) is 12.1 Å². The number of amides is 1. The van der Waals surface area contributed by atoms with Crippen molar-refractivity contribution >= 4 is 5.91 Å². The quantitative estimate of drug-likeness (QED) is 0.615. The number of benzene rings is 2. The number of para-hydroxylation sites is 1. The normalized spacial score (nSPS) is 15.3. The van der Waals surface area contributed by atoms with Crippen LogP contribution in [0.15, 0.2) is 67.0 Å². The summed E-state index contributed by atoms with van der Waals surface area (Å²) in [6.07, 6.45) is 0.0697. The van der Waals surface area contributed by atoms with Gasteiger partial charge in [0.25, 0.3) is 0 Å². The lowest BCUT2D eigenvalue weighted by atomic mass is 9.96. The van der Waals surface area contributed by atoms with Crippen molar-refractivity contribution < 1.29 is 22.7 Å². The van der Waals surface area contributed by atoms with Gasteiger partial charge in [-0.05, 0) is 35.2 Å². The molecular weight excluding hydrogens is 405 g/mol. The predicted octanol–water partition coefficient (Wildman–Crippen LogP) is 4.82. The van der Waals surface area contributed by atoms with Crippen LogP contribution in [0, 0.1) is 0 Å². The summed E-state index contributed by atoms with van der Waals surface area (Å²) in [6, 6.07) is 14.4. The van der Waals surface area contributed by atoms with Crippen molar-refractivity contribution in [1.29, 1.82) is 0 Å². The topological polar surface area (TPSA) is 51.2 Å². The van der Waals surface area contributed by atoms with Crippen LogP contribution in [0.25, 0.3) is 11.1 Å². The zero-order chi connectivity index (χ0) is 21.8. The van der Waals surface area contributed by atoms with Gasteiger partial charge in [0.2, 0.25) is 5.91 Å². The molecule has 0 unspecified atom stereocenters. The monoisotopic (exact) mass is 426 g/mol. The van der Waals surface area contributed by atoms with Gasteiger partial charge in [0, 0.05) is 30.8 Å². The van der Waals surface area contributed by atoms with Crippen LogP contribution < -0.4 is 10.1 Å². The smallest absolute Gasteiger partial charge is 0.417 e. The Bertz CT molecular complexity index is 1070. The van der Waals surface area contributed by atoms with Gasteiger partial charge in [-0.3, -0.25) is 9.78 Å². The highest BCUT2D eigenvalue weighted by Crippen LogP contribution is 2.43. The number of nitrogens with zero attached hydrogens (tertiary/aromatic N) is 1. The fourth-order valence-electron chi connectivity index (χ4n) is 3.75. The number of alkyl halides is 3. The molecule has 1 aromatic heterocycles. The number of ether oxygens (including phenoxy) is 1. The van der Waals surface area contributed by atoms with E-state index in [1.807, 2.05) is 18.2 Å². The van der Waals surface area contributed by atoms with Crippen molar-refractivity contribution in [3.8, 4) is 16.9 Å². The van der Waals surface area contributed by atoms with Gasteiger partial charge < -0.3 is 10.1 Å². The van der Waals surface area contributed by atoms with Crippen LogP contribution in [0.5, 0.6) is 5.75 Å². The highest BCUT2D eigenvalue weighted by molar-refractivity contribution is 5.77. The van der Waals surface area contributed by atoms with E-state index in [0.29, 0.717) is 37.1 Å². The summed E-state index contributed by atoms with van der Waals surface area (Å²) in [7, 11) is 0. The Hall–Kier alpha value is -3.35. The van der Waals surface area contributed by atoms with Gasteiger partial charge in [-0.15, -0.1) is 0 Å². The minimum absolute atomic E-state index is 0.0907. The van der Waals surface area contributed by atoms with Crippen LogP contribution in [0.4, 0.5) is 13.2 Å². The van der Waals surface area contributed by atoms with Gasteiger partial charge >= 0.3 is 6.18 Å². The average molecular weight is 426 g/mol. The number of halogens is 3. The van der Waals surface area contributed by atoms with E-state index in [2.05, 4.69) is 10.3 Å². The summed E-state index contributed by atoms with van der Waals surface area (Å²) in [5.41, 5.74) is 1.63. The second-order valence-electron chi connectivity index (χ2n) is 7.45. The lowest BCUT2D eigenvalue weighted by Crippen LogP contribution is -2.34. The van der Waals surface area contributed by atoms with Crippen molar-refractivity contribution in [2.45, 2.75) is 31.5 Å². The van der Waals surface area contributed by atoms with Crippen LogP contribution in [0.3, 0.4) is 0 Å². The Kier molecular flexibility index (Phi) is 5.93. The fraction of sp³-hybridized carbons (Fsp3) is 0.250. The third-order valence-corrected chi connectivity index (χ3v) is 5.24. The molecule has 4 rings (SSSR count). The van der Waals surface area contributed by atoms with Crippen LogP contribution in [-0.4, -0.2) is 23.5 Å². The highest BCUT2D eigenvalue weighted by Gasteiger charge is 2.35. The molecule has 3 aromatic rings. The summed E-state index contributed by atoms with van der Waals surface area (Å²) in [6.45, 7) is 0.293. The number of pyridine rings is 1. The minimum atomic E-state index is -4.46. The predicted molar refractivity (Wildman–Crippen MR) is 111 cm³/mol. The molecule has 0 radical (unpaired) electrons. The standard InChI is InChI=1S/C24H21F3N2O2/c25-24(26,27)21-9-2-1-7-19(21)20-8-3-6-17-13-18(31-23(17)20)15-29-22(30)11-10-16-5-4-12-28-14-16/h1-9,12,14,18H,10-11,13,15H2,(H,29,30)/t18-/m0/s1. The number of aromatic nitrogens is 1. The number of fused-ring (bicyclic) bond motifs is 1. The Morgan fingerprint density at radius 2 is 1.87 bits per heavy atom. The summed E-state index contributed by atoms with van der Waals surface area (Å²) < 4.78 is 46.4. The SMILES string of the molecule is O=C(CCc1cccnc1)NC[C@@H]1Cc2cccc(-c3ccccc3C(F)(F)F)c2O1. The third kappa shape index (κ3) is 4.87. The van der Waals surface area contributed by atoms with E-state index < -0.39 is 11.7 Å². The minimum Gasteiger partial charge on any atom is -0.487 e. The first-order valence-electron chi connectivity index (χ1n) is 10.0. The number of aryl methyl sites for hydroxylation is 1. The molecule has 1 N–H and O–H groups in total. The van der Waals surface area contributed by atoms with Crippen molar-refractivity contribution in [3.05, 3.63) is 83.7 Å². The van der Waals surface area contributed by atoms with Crippen molar-refractivity contribution in [3.63, 3.8) is 0 Å². The third-order valence-electron chi connectivity index (χ3n) is 5.24. The maximum absolute atomic E-state index is 13.5. The first-order chi connectivity index (χ1) is 14.9. The molecule has 31 heavy (non-hydrogen) atoms. The zero-order valence-electron chi connectivity index (χ0n) is 16.7. The zero-order valence-corrected chi connectivity index (χ0v) is 16.7. The molecule has 2 aromatic carbocycles. The van der Waals surface area contributed by atoms with E-state index in [4.69, 9.17) is 4.74 Å². The molecule has 1 aliphatic heterocycles. The van der Waals surface area contributed by atoms with E-state index in [9.17, 15) is 18.0 Å². The molecule has 7 heteroatoms. The molecule has 0 saturated heterocycles. The van der Waals surface area contributed by atoms with E-state index >= 15 is 0 Å². The molecule has 1 aliphatic rings. The van der Waals surface area contributed by atoms with Gasteiger partial charge in [-0.1, -0.05) is 42.5 Å². The van der Waals surface area contributed by atoms with Crippen LogP contribution >= 0.6 is 0 Å². The van der Waals surface area contributed by atoms with Crippen molar-refractivity contribution in [1.82, 2.24) is 10.3 Å². The molecule has 1 atom stereocenters. The lowest BCUT2D eigenvalue weighted by molar-refractivity contribution is -0.137.